The van der Waals surface area contributed by atoms with E-state index >= 15 is 0 Å². The van der Waals surface area contributed by atoms with E-state index in [4.69, 9.17) is 0 Å². The Morgan fingerprint density at radius 1 is 1.47 bits per heavy atom. The Hall–Kier alpha value is -1.57. The van der Waals surface area contributed by atoms with E-state index in [0.29, 0.717) is 25.9 Å². The van der Waals surface area contributed by atoms with Gasteiger partial charge in [0.25, 0.3) is 0 Å². The minimum atomic E-state index is -0.866. The van der Waals surface area contributed by atoms with Gasteiger partial charge in [-0.15, -0.1) is 0 Å². The van der Waals surface area contributed by atoms with Gasteiger partial charge in [0.15, 0.2) is 0 Å². The average Bonchev–Trinajstić information content (AvgIpc) is 2.21. The Morgan fingerprint density at radius 2 is 2.12 bits per heavy atom. The second-order valence-corrected chi connectivity index (χ2v) is 5.32. The molecular weight excluding hydrogens is 218 g/mol. The molecule has 1 heterocycles. The number of amides is 2. The Balaban J connectivity index is 2.25. The van der Waals surface area contributed by atoms with Crippen LogP contribution in [0.3, 0.4) is 0 Å². The van der Waals surface area contributed by atoms with Crippen molar-refractivity contribution in [2.75, 3.05) is 13.1 Å². The van der Waals surface area contributed by atoms with Crippen LogP contribution in [0.25, 0.3) is 0 Å². The molecule has 92 valence electrons. The number of nitriles is 1. The van der Waals surface area contributed by atoms with E-state index in [2.05, 4.69) is 11.4 Å². The number of carbonyl (C=O) groups excluding carboxylic acids is 2. The highest BCUT2D eigenvalue weighted by Crippen LogP contribution is 2.43. The average molecular weight is 235 g/mol. The quantitative estimate of drug-likeness (QED) is 0.715. The normalized spacial score (nSPS) is 25.5. The molecule has 0 unspecified atom stereocenters. The van der Waals surface area contributed by atoms with Gasteiger partial charge in [0.2, 0.25) is 11.8 Å². The van der Waals surface area contributed by atoms with E-state index < -0.39 is 11.0 Å². The van der Waals surface area contributed by atoms with Crippen molar-refractivity contribution >= 4 is 11.8 Å². The molecule has 0 aromatic carbocycles. The van der Waals surface area contributed by atoms with Gasteiger partial charge in [-0.25, -0.2) is 0 Å². The maximum atomic E-state index is 12.4. The molecule has 17 heavy (non-hydrogen) atoms. The lowest BCUT2D eigenvalue weighted by atomic mass is 9.68. The number of rotatable bonds is 1. The first-order valence-corrected chi connectivity index (χ1v) is 5.96. The first-order chi connectivity index (χ1) is 7.94. The number of piperazine rings is 1. The molecule has 0 bridgehead atoms. The maximum absolute atomic E-state index is 12.4. The van der Waals surface area contributed by atoms with E-state index in [-0.39, 0.29) is 11.8 Å². The van der Waals surface area contributed by atoms with E-state index in [0.717, 1.165) is 6.42 Å². The summed E-state index contributed by atoms with van der Waals surface area (Å²) in [7, 11) is 0. The summed E-state index contributed by atoms with van der Waals surface area (Å²) in [4.78, 5) is 25.7. The number of nitrogens with one attached hydrogen (secondary N) is 1. The summed E-state index contributed by atoms with van der Waals surface area (Å²) in [6.07, 6.45) is 2.16. The monoisotopic (exact) mass is 235 g/mol. The van der Waals surface area contributed by atoms with Crippen molar-refractivity contribution in [2.24, 2.45) is 5.41 Å². The summed E-state index contributed by atoms with van der Waals surface area (Å²) in [6, 6.07) is 2.14. The Kier molecular flexibility index (Phi) is 2.61. The van der Waals surface area contributed by atoms with E-state index in [1.54, 1.807) is 18.7 Å². The fraction of sp³-hybridized carbons (Fsp3) is 0.750. The molecule has 1 aliphatic carbocycles. The highest BCUT2D eigenvalue weighted by molar-refractivity contribution is 5.95. The first kappa shape index (κ1) is 11.9. The summed E-state index contributed by atoms with van der Waals surface area (Å²) in [6.45, 7) is 4.41. The molecule has 2 aliphatic rings. The summed E-state index contributed by atoms with van der Waals surface area (Å²) in [5.74, 6) is -0.324. The van der Waals surface area contributed by atoms with Crippen LogP contribution in [0.15, 0.2) is 0 Å². The number of hydrogen-bond acceptors (Lipinski definition) is 3. The summed E-state index contributed by atoms with van der Waals surface area (Å²) in [5, 5.41) is 11.9. The SMILES string of the molecule is CC1(C)C(=O)NCCN1C(=O)C1(C#N)CCC1. The highest BCUT2D eigenvalue weighted by Gasteiger charge is 2.51. The van der Waals surface area contributed by atoms with Crippen LogP contribution < -0.4 is 5.32 Å². The van der Waals surface area contributed by atoms with Crippen LogP contribution in [0.5, 0.6) is 0 Å². The minimum absolute atomic E-state index is 0.149. The van der Waals surface area contributed by atoms with Gasteiger partial charge in [0.05, 0.1) is 6.07 Å². The van der Waals surface area contributed by atoms with Crippen LogP contribution >= 0.6 is 0 Å². The predicted molar refractivity (Wildman–Crippen MR) is 60.7 cm³/mol. The first-order valence-electron chi connectivity index (χ1n) is 5.96. The third-order valence-corrected chi connectivity index (χ3v) is 3.93. The van der Waals surface area contributed by atoms with E-state index in [1.807, 2.05) is 0 Å². The van der Waals surface area contributed by atoms with E-state index in [9.17, 15) is 14.9 Å². The molecule has 1 N–H and O–H groups in total. The fourth-order valence-electron chi connectivity index (χ4n) is 2.42. The van der Waals surface area contributed by atoms with Gasteiger partial charge >= 0.3 is 0 Å². The van der Waals surface area contributed by atoms with Crippen molar-refractivity contribution in [1.29, 1.82) is 5.26 Å². The molecule has 0 spiro atoms. The number of hydrogen-bond donors (Lipinski definition) is 1. The van der Waals surface area contributed by atoms with Crippen LogP contribution in [0.2, 0.25) is 0 Å². The third kappa shape index (κ3) is 1.59. The van der Waals surface area contributed by atoms with Crippen molar-refractivity contribution in [3.63, 3.8) is 0 Å². The van der Waals surface area contributed by atoms with Crippen molar-refractivity contribution in [1.82, 2.24) is 10.2 Å². The Morgan fingerprint density at radius 3 is 2.59 bits per heavy atom. The topological polar surface area (TPSA) is 73.2 Å². The van der Waals surface area contributed by atoms with Gasteiger partial charge in [-0.3, -0.25) is 9.59 Å². The van der Waals surface area contributed by atoms with Gasteiger partial charge < -0.3 is 10.2 Å². The molecule has 5 heteroatoms. The van der Waals surface area contributed by atoms with Crippen LogP contribution in [0, 0.1) is 16.7 Å². The molecule has 0 radical (unpaired) electrons. The van der Waals surface area contributed by atoms with Crippen molar-refractivity contribution in [3.05, 3.63) is 0 Å². The van der Waals surface area contributed by atoms with Crippen molar-refractivity contribution < 1.29 is 9.59 Å². The lowest BCUT2D eigenvalue weighted by Gasteiger charge is -2.46. The predicted octanol–water partition coefficient (Wildman–Crippen LogP) is 0.417. The molecule has 1 saturated carbocycles. The molecule has 1 aliphatic heterocycles. The van der Waals surface area contributed by atoms with Gasteiger partial charge in [-0.1, -0.05) is 0 Å². The van der Waals surface area contributed by atoms with Crippen LogP contribution in [-0.2, 0) is 9.59 Å². The number of carbonyl (C=O) groups is 2. The smallest absolute Gasteiger partial charge is 0.245 e. The Labute approximate surface area is 101 Å². The molecule has 1 saturated heterocycles. The fourth-order valence-corrected chi connectivity index (χ4v) is 2.42. The van der Waals surface area contributed by atoms with Crippen molar-refractivity contribution in [2.45, 2.75) is 38.6 Å². The summed E-state index contributed by atoms with van der Waals surface area (Å²) in [5.41, 5.74) is -1.72. The van der Waals surface area contributed by atoms with Crippen molar-refractivity contribution in [3.8, 4) is 6.07 Å². The second-order valence-electron chi connectivity index (χ2n) is 5.32. The molecule has 0 atom stereocenters. The molecule has 2 fully saturated rings. The van der Waals surface area contributed by atoms with Crippen LogP contribution in [-0.4, -0.2) is 35.3 Å². The minimum Gasteiger partial charge on any atom is -0.352 e. The lowest BCUT2D eigenvalue weighted by Crippen LogP contribution is -2.66. The molecule has 2 amide bonds. The van der Waals surface area contributed by atoms with Gasteiger partial charge in [0.1, 0.15) is 11.0 Å². The van der Waals surface area contributed by atoms with Gasteiger partial charge in [0, 0.05) is 13.1 Å². The zero-order valence-electron chi connectivity index (χ0n) is 10.2. The van der Waals surface area contributed by atoms with E-state index in [1.165, 1.54) is 0 Å². The lowest BCUT2D eigenvalue weighted by molar-refractivity contribution is -0.157. The Bertz CT molecular complexity index is 404. The summed E-state index contributed by atoms with van der Waals surface area (Å²) < 4.78 is 0. The van der Waals surface area contributed by atoms with Crippen LogP contribution in [0.1, 0.15) is 33.1 Å². The largest absolute Gasteiger partial charge is 0.352 e. The highest BCUT2D eigenvalue weighted by atomic mass is 16.2. The van der Waals surface area contributed by atoms with Gasteiger partial charge in [-0.05, 0) is 33.1 Å². The molecule has 5 nitrogen and oxygen atoms in total. The third-order valence-electron chi connectivity index (χ3n) is 3.93. The second kappa shape index (κ2) is 3.73. The summed E-state index contributed by atoms with van der Waals surface area (Å²) >= 11 is 0. The molecule has 2 rings (SSSR count). The van der Waals surface area contributed by atoms with Gasteiger partial charge in [-0.2, -0.15) is 5.26 Å². The molecule has 0 aromatic heterocycles. The number of nitrogens with zero attached hydrogens (tertiary/aromatic N) is 2. The zero-order valence-corrected chi connectivity index (χ0v) is 10.2. The molecular formula is C12H17N3O2. The maximum Gasteiger partial charge on any atom is 0.245 e. The molecule has 0 aromatic rings. The standard InChI is InChI=1S/C12H17N3O2/c1-11(2)9(16)14-6-7-15(11)10(17)12(8-13)4-3-5-12/h3-7H2,1-2H3,(H,14,16). The zero-order chi connectivity index (χ0) is 12.7. The van der Waals surface area contributed by atoms with Crippen LogP contribution in [0.4, 0.5) is 0 Å².